The highest BCUT2D eigenvalue weighted by molar-refractivity contribution is 5.89. The van der Waals surface area contributed by atoms with Crippen LogP contribution in [0.2, 0.25) is 0 Å². The Kier molecular flexibility index (Phi) is 3.02. The van der Waals surface area contributed by atoms with Crippen molar-refractivity contribution in [1.29, 1.82) is 0 Å². The highest BCUT2D eigenvalue weighted by atomic mass is 16.2. The molecule has 1 heterocycles. The SMILES string of the molecule is CNC(=O)Nc1cnn(C)c1C(C)(C)C. The van der Waals surface area contributed by atoms with Crippen LogP contribution >= 0.6 is 0 Å². The topological polar surface area (TPSA) is 59.0 Å². The number of aromatic nitrogens is 2. The summed E-state index contributed by atoms with van der Waals surface area (Å²) in [7, 11) is 3.46. The zero-order valence-electron chi connectivity index (χ0n) is 9.88. The van der Waals surface area contributed by atoms with Crippen LogP contribution < -0.4 is 10.6 Å². The molecule has 5 heteroatoms. The maximum Gasteiger partial charge on any atom is 0.319 e. The first kappa shape index (κ1) is 11.6. The van der Waals surface area contributed by atoms with Gasteiger partial charge in [0, 0.05) is 19.5 Å². The first-order valence-corrected chi connectivity index (χ1v) is 4.87. The van der Waals surface area contributed by atoms with Gasteiger partial charge in [-0.1, -0.05) is 20.8 Å². The van der Waals surface area contributed by atoms with Gasteiger partial charge in [0.2, 0.25) is 0 Å². The monoisotopic (exact) mass is 210 g/mol. The molecule has 0 atom stereocenters. The highest BCUT2D eigenvalue weighted by Crippen LogP contribution is 2.28. The zero-order valence-corrected chi connectivity index (χ0v) is 9.88. The van der Waals surface area contributed by atoms with Crippen LogP contribution in [0.25, 0.3) is 0 Å². The molecule has 15 heavy (non-hydrogen) atoms. The molecule has 0 saturated carbocycles. The summed E-state index contributed by atoms with van der Waals surface area (Å²) in [5, 5.41) is 9.41. The second-order valence-corrected chi connectivity index (χ2v) is 4.48. The minimum absolute atomic E-state index is 0.0540. The second-order valence-electron chi connectivity index (χ2n) is 4.48. The molecule has 84 valence electrons. The van der Waals surface area contributed by atoms with E-state index in [0.29, 0.717) is 0 Å². The molecule has 0 aliphatic carbocycles. The molecular weight excluding hydrogens is 192 g/mol. The summed E-state index contributed by atoms with van der Waals surface area (Å²) in [5.41, 5.74) is 1.71. The van der Waals surface area contributed by atoms with Gasteiger partial charge in [-0.15, -0.1) is 0 Å². The lowest BCUT2D eigenvalue weighted by Crippen LogP contribution is -2.26. The molecular formula is C10H18N4O. The van der Waals surface area contributed by atoms with Gasteiger partial charge in [0.25, 0.3) is 0 Å². The van der Waals surface area contributed by atoms with Crippen molar-refractivity contribution in [3.63, 3.8) is 0 Å². The molecule has 0 unspecified atom stereocenters. The number of carbonyl (C=O) groups excluding carboxylic acids is 1. The molecule has 0 fully saturated rings. The van der Waals surface area contributed by atoms with Crippen LogP contribution in [0.15, 0.2) is 6.20 Å². The summed E-state index contributed by atoms with van der Waals surface area (Å²) in [6, 6.07) is -0.228. The van der Waals surface area contributed by atoms with Gasteiger partial charge >= 0.3 is 6.03 Å². The molecule has 1 aromatic heterocycles. The normalized spacial score (nSPS) is 11.3. The maximum atomic E-state index is 11.2. The van der Waals surface area contributed by atoms with Crippen molar-refractivity contribution >= 4 is 11.7 Å². The van der Waals surface area contributed by atoms with E-state index in [2.05, 4.69) is 36.5 Å². The number of amides is 2. The van der Waals surface area contributed by atoms with Gasteiger partial charge in [-0.3, -0.25) is 4.68 Å². The van der Waals surface area contributed by atoms with Crippen LogP contribution in [0.1, 0.15) is 26.5 Å². The smallest absolute Gasteiger partial charge is 0.319 e. The van der Waals surface area contributed by atoms with E-state index in [4.69, 9.17) is 0 Å². The van der Waals surface area contributed by atoms with Gasteiger partial charge in [-0.25, -0.2) is 4.79 Å². The Hall–Kier alpha value is -1.52. The van der Waals surface area contributed by atoms with Crippen LogP contribution in [0.3, 0.4) is 0 Å². The van der Waals surface area contributed by atoms with Gasteiger partial charge in [0.15, 0.2) is 0 Å². The quantitative estimate of drug-likeness (QED) is 0.737. The first-order valence-electron chi connectivity index (χ1n) is 4.87. The second kappa shape index (κ2) is 3.92. The molecule has 1 aromatic rings. The number of anilines is 1. The van der Waals surface area contributed by atoms with Crippen molar-refractivity contribution in [2.45, 2.75) is 26.2 Å². The third kappa shape index (κ3) is 2.49. The first-order chi connectivity index (χ1) is 6.86. The Morgan fingerprint density at radius 3 is 2.53 bits per heavy atom. The van der Waals surface area contributed by atoms with Crippen molar-refractivity contribution in [2.24, 2.45) is 7.05 Å². The molecule has 0 bridgehead atoms. The third-order valence-electron chi connectivity index (χ3n) is 2.12. The summed E-state index contributed by atoms with van der Waals surface area (Å²) < 4.78 is 1.78. The minimum atomic E-state index is -0.228. The lowest BCUT2D eigenvalue weighted by atomic mass is 9.91. The molecule has 0 saturated heterocycles. The molecule has 1 rings (SSSR count). The lowest BCUT2D eigenvalue weighted by molar-refractivity contribution is 0.254. The number of nitrogens with one attached hydrogen (secondary N) is 2. The van der Waals surface area contributed by atoms with Gasteiger partial charge in [-0.2, -0.15) is 5.10 Å². The largest absolute Gasteiger partial charge is 0.341 e. The number of hydrogen-bond donors (Lipinski definition) is 2. The molecule has 0 spiro atoms. The van der Waals surface area contributed by atoms with Gasteiger partial charge in [0.05, 0.1) is 17.6 Å². The van der Waals surface area contributed by atoms with E-state index in [1.807, 2.05) is 7.05 Å². The highest BCUT2D eigenvalue weighted by Gasteiger charge is 2.23. The van der Waals surface area contributed by atoms with E-state index in [0.717, 1.165) is 11.4 Å². The number of rotatable bonds is 1. The number of nitrogens with zero attached hydrogens (tertiary/aromatic N) is 2. The van der Waals surface area contributed by atoms with Crippen molar-refractivity contribution in [3.05, 3.63) is 11.9 Å². The summed E-state index contributed by atoms with van der Waals surface area (Å²) in [6.07, 6.45) is 1.66. The van der Waals surface area contributed by atoms with Crippen molar-refractivity contribution < 1.29 is 4.79 Å². The van der Waals surface area contributed by atoms with E-state index in [1.54, 1.807) is 17.9 Å². The van der Waals surface area contributed by atoms with Crippen LogP contribution in [-0.2, 0) is 12.5 Å². The van der Waals surface area contributed by atoms with Crippen molar-refractivity contribution in [2.75, 3.05) is 12.4 Å². The van der Waals surface area contributed by atoms with E-state index in [-0.39, 0.29) is 11.4 Å². The number of aryl methyl sites for hydroxylation is 1. The fourth-order valence-corrected chi connectivity index (χ4v) is 1.60. The fraction of sp³-hybridized carbons (Fsp3) is 0.600. The molecule has 2 amide bonds. The summed E-state index contributed by atoms with van der Waals surface area (Å²) in [4.78, 5) is 11.2. The molecule has 0 aliphatic heterocycles. The predicted molar refractivity (Wildman–Crippen MR) is 60.0 cm³/mol. The molecule has 0 aliphatic rings. The molecule has 0 aromatic carbocycles. The maximum absolute atomic E-state index is 11.2. The van der Waals surface area contributed by atoms with Crippen LogP contribution in [0.4, 0.5) is 10.5 Å². The molecule has 2 N–H and O–H groups in total. The van der Waals surface area contributed by atoms with Crippen LogP contribution in [0.5, 0.6) is 0 Å². The van der Waals surface area contributed by atoms with E-state index in [1.165, 1.54) is 0 Å². The summed E-state index contributed by atoms with van der Waals surface area (Å²) in [6.45, 7) is 6.25. The van der Waals surface area contributed by atoms with E-state index < -0.39 is 0 Å². The van der Waals surface area contributed by atoms with Gasteiger partial charge < -0.3 is 10.6 Å². The Morgan fingerprint density at radius 2 is 2.07 bits per heavy atom. The van der Waals surface area contributed by atoms with Crippen molar-refractivity contribution in [3.8, 4) is 0 Å². The average molecular weight is 210 g/mol. The Bertz CT molecular complexity index is 362. The standard InChI is InChI=1S/C10H18N4O/c1-10(2,3)8-7(6-12-14(8)5)13-9(15)11-4/h6H,1-5H3,(H2,11,13,15). The Morgan fingerprint density at radius 1 is 1.47 bits per heavy atom. The third-order valence-corrected chi connectivity index (χ3v) is 2.12. The predicted octanol–water partition coefficient (Wildman–Crippen LogP) is 1.47. The summed E-state index contributed by atoms with van der Waals surface area (Å²) >= 11 is 0. The Balaban J connectivity index is 3.04. The van der Waals surface area contributed by atoms with E-state index >= 15 is 0 Å². The van der Waals surface area contributed by atoms with Crippen molar-refractivity contribution in [1.82, 2.24) is 15.1 Å². The Labute approximate surface area is 89.9 Å². The number of hydrogen-bond acceptors (Lipinski definition) is 2. The average Bonchev–Trinajstić information content (AvgIpc) is 2.46. The van der Waals surface area contributed by atoms with Gasteiger partial charge in [0.1, 0.15) is 0 Å². The van der Waals surface area contributed by atoms with Crippen LogP contribution in [0, 0.1) is 0 Å². The number of urea groups is 1. The summed E-state index contributed by atoms with van der Waals surface area (Å²) in [5.74, 6) is 0. The zero-order chi connectivity index (χ0) is 11.6. The van der Waals surface area contributed by atoms with Crippen LogP contribution in [-0.4, -0.2) is 22.9 Å². The number of carbonyl (C=O) groups is 1. The fourth-order valence-electron chi connectivity index (χ4n) is 1.60. The lowest BCUT2D eigenvalue weighted by Gasteiger charge is -2.20. The minimum Gasteiger partial charge on any atom is -0.341 e. The van der Waals surface area contributed by atoms with E-state index in [9.17, 15) is 4.79 Å². The molecule has 0 radical (unpaired) electrons. The molecule has 5 nitrogen and oxygen atoms in total. The van der Waals surface area contributed by atoms with Gasteiger partial charge in [-0.05, 0) is 0 Å².